The Balaban J connectivity index is 1.55. The Morgan fingerprint density at radius 3 is 2.73 bits per heavy atom. The molecule has 0 spiro atoms. The summed E-state index contributed by atoms with van der Waals surface area (Å²) in [7, 11) is 0. The molecule has 0 saturated heterocycles. The topological polar surface area (TPSA) is 105 Å². The van der Waals surface area contributed by atoms with Crippen LogP contribution in [0.2, 0.25) is 0 Å². The van der Waals surface area contributed by atoms with Crippen LogP contribution in [-0.4, -0.2) is 21.9 Å². The monoisotopic (exact) mass is 368 g/mol. The lowest BCUT2D eigenvalue weighted by Crippen LogP contribution is -2.14. The molecule has 1 aromatic carbocycles. The van der Waals surface area contributed by atoms with Crippen molar-refractivity contribution in [2.45, 2.75) is 25.5 Å². The van der Waals surface area contributed by atoms with E-state index >= 15 is 0 Å². The quantitative estimate of drug-likeness (QED) is 0.664. The zero-order chi connectivity index (χ0) is 18.5. The highest BCUT2D eigenvalue weighted by Crippen LogP contribution is 2.26. The number of carbonyl (C=O) groups excluding carboxylic acids is 1. The largest absolute Gasteiger partial charge is 0.444 e. The Hall–Kier alpha value is -3.05. The number of aryl methyl sites for hydroxylation is 1. The lowest BCUT2D eigenvalue weighted by Gasteiger charge is -2.00. The Labute approximate surface area is 154 Å². The van der Waals surface area contributed by atoms with Gasteiger partial charge in [0, 0.05) is 5.56 Å². The molecule has 0 fully saturated rings. The predicted octanol–water partition coefficient (Wildman–Crippen LogP) is 3.47. The lowest BCUT2D eigenvalue weighted by atomic mass is 10.2. The lowest BCUT2D eigenvalue weighted by molar-refractivity contribution is -0.113. The molecule has 3 aromatic rings. The van der Waals surface area contributed by atoms with E-state index in [2.05, 4.69) is 15.5 Å². The van der Waals surface area contributed by atoms with Crippen molar-refractivity contribution in [3.63, 3.8) is 0 Å². The van der Waals surface area contributed by atoms with Crippen molar-refractivity contribution in [1.82, 2.24) is 10.2 Å². The average Bonchev–Trinajstić information content (AvgIpc) is 3.18. The molecule has 0 bridgehead atoms. The van der Waals surface area contributed by atoms with E-state index in [0.717, 1.165) is 22.9 Å². The second kappa shape index (κ2) is 7.89. The summed E-state index contributed by atoms with van der Waals surface area (Å²) in [4.78, 5) is 12.1. The molecular formula is C18H16N4O3S. The summed E-state index contributed by atoms with van der Waals surface area (Å²) >= 11 is 1.13. The molecule has 7 nitrogen and oxygen atoms in total. The van der Waals surface area contributed by atoms with Gasteiger partial charge in [-0.3, -0.25) is 10.1 Å². The van der Waals surface area contributed by atoms with E-state index < -0.39 is 0 Å². The summed E-state index contributed by atoms with van der Waals surface area (Å²) in [6, 6.07) is 11.8. The van der Waals surface area contributed by atoms with Gasteiger partial charge in [-0.25, -0.2) is 0 Å². The molecule has 0 aliphatic rings. The predicted molar refractivity (Wildman–Crippen MR) is 95.8 cm³/mol. The van der Waals surface area contributed by atoms with Crippen molar-refractivity contribution in [3.05, 3.63) is 58.7 Å². The molecular weight excluding hydrogens is 352 g/mol. The molecule has 1 N–H and O–H groups in total. The summed E-state index contributed by atoms with van der Waals surface area (Å²) in [6.07, 6.45) is 0.539. The highest BCUT2D eigenvalue weighted by Gasteiger charge is 2.17. The maximum Gasteiger partial charge on any atom is 0.277 e. The first-order chi connectivity index (χ1) is 12.6. The number of aromatic nitrogens is 2. The molecule has 0 saturated carbocycles. The molecule has 3 rings (SSSR count). The van der Waals surface area contributed by atoms with Gasteiger partial charge in [-0.2, -0.15) is 5.26 Å². The standard InChI is InChI=1S/C18H16N4O3S/c1-11-12(2)24-17(14(11)9-19)20-15(23)10-26-18-22-21-16(25-18)8-13-6-4-3-5-7-13/h3-7H,8,10H2,1-2H3,(H,20,23). The third-order valence-electron chi connectivity index (χ3n) is 3.72. The molecule has 0 atom stereocenters. The fourth-order valence-corrected chi connectivity index (χ4v) is 2.86. The van der Waals surface area contributed by atoms with Gasteiger partial charge in [0.1, 0.15) is 17.4 Å². The molecule has 0 aliphatic carbocycles. The first-order valence-electron chi connectivity index (χ1n) is 7.86. The van der Waals surface area contributed by atoms with Gasteiger partial charge in [0.25, 0.3) is 5.22 Å². The normalized spacial score (nSPS) is 10.5. The third-order valence-corrected chi connectivity index (χ3v) is 4.54. The van der Waals surface area contributed by atoms with E-state index in [1.165, 1.54) is 0 Å². The molecule has 132 valence electrons. The van der Waals surface area contributed by atoms with Crippen molar-refractivity contribution in [3.8, 4) is 6.07 Å². The zero-order valence-electron chi connectivity index (χ0n) is 14.3. The summed E-state index contributed by atoms with van der Waals surface area (Å²) in [5, 5.41) is 20.0. The first-order valence-corrected chi connectivity index (χ1v) is 8.84. The van der Waals surface area contributed by atoms with E-state index in [9.17, 15) is 4.79 Å². The van der Waals surface area contributed by atoms with Crippen LogP contribution in [0.15, 0.2) is 44.4 Å². The van der Waals surface area contributed by atoms with Gasteiger partial charge in [-0.15, -0.1) is 10.2 Å². The Bertz CT molecular complexity index is 957. The Morgan fingerprint density at radius 2 is 2.00 bits per heavy atom. The number of hydrogen-bond donors (Lipinski definition) is 1. The van der Waals surface area contributed by atoms with Crippen molar-refractivity contribution >= 4 is 23.6 Å². The minimum absolute atomic E-state index is 0.0661. The molecule has 26 heavy (non-hydrogen) atoms. The van der Waals surface area contributed by atoms with Crippen LogP contribution in [0.5, 0.6) is 0 Å². The van der Waals surface area contributed by atoms with Crippen LogP contribution in [0.4, 0.5) is 5.88 Å². The van der Waals surface area contributed by atoms with Crippen LogP contribution < -0.4 is 5.32 Å². The maximum atomic E-state index is 12.1. The van der Waals surface area contributed by atoms with Gasteiger partial charge >= 0.3 is 0 Å². The number of anilines is 1. The highest BCUT2D eigenvalue weighted by molar-refractivity contribution is 7.99. The van der Waals surface area contributed by atoms with Gasteiger partial charge in [0.15, 0.2) is 0 Å². The van der Waals surface area contributed by atoms with Crippen molar-refractivity contribution in [2.75, 3.05) is 11.1 Å². The Kier molecular flexibility index (Phi) is 5.39. The molecule has 1 amide bonds. The van der Waals surface area contributed by atoms with E-state index in [1.807, 2.05) is 36.4 Å². The van der Waals surface area contributed by atoms with Crippen molar-refractivity contribution in [2.24, 2.45) is 0 Å². The number of nitrogens with one attached hydrogen (secondary N) is 1. The number of hydrogen-bond acceptors (Lipinski definition) is 7. The Morgan fingerprint density at radius 1 is 1.23 bits per heavy atom. The second-order valence-electron chi connectivity index (χ2n) is 5.56. The summed E-state index contributed by atoms with van der Waals surface area (Å²) in [5.41, 5.74) is 2.12. The fourth-order valence-electron chi connectivity index (χ4n) is 2.28. The molecule has 2 heterocycles. The van der Waals surface area contributed by atoms with Crippen LogP contribution in [0, 0.1) is 25.2 Å². The van der Waals surface area contributed by atoms with Gasteiger partial charge in [-0.1, -0.05) is 42.1 Å². The van der Waals surface area contributed by atoms with Crippen molar-refractivity contribution < 1.29 is 13.6 Å². The number of nitrogens with zero attached hydrogens (tertiary/aromatic N) is 3. The number of thioether (sulfide) groups is 1. The number of benzene rings is 1. The van der Waals surface area contributed by atoms with E-state index in [0.29, 0.717) is 28.9 Å². The zero-order valence-corrected chi connectivity index (χ0v) is 15.1. The van der Waals surface area contributed by atoms with Gasteiger partial charge < -0.3 is 8.83 Å². The van der Waals surface area contributed by atoms with Crippen LogP contribution in [0.25, 0.3) is 0 Å². The van der Waals surface area contributed by atoms with Gasteiger partial charge in [-0.05, 0) is 19.4 Å². The number of carbonyl (C=O) groups is 1. The molecule has 2 aromatic heterocycles. The summed E-state index contributed by atoms with van der Waals surface area (Å²) in [5.74, 6) is 1.01. The smallest absolute Gasteiger partial charge is 0.277 e. The number of nitriles is 1. The van der Waals surface area contributed by atoms with E-state index in [1.54, 1.807) is 13.8 Å². The maximum absolute atomic E-state index is 12.1. The summed E-state index contributed by atoms with van der Waals surface area (Å²) < 4.78 is 11.0. The number of amides is 1. The molecule has 8 heteroatoms. The molecule has 0 radical (unpaired) electrons. The van der Waals surface area contributed by atoms with Crippen LogP contribution in [0.1, 0.15) is 28.3 Å². The first kappa shape index (κ1) is 17.8. The van der Waals surface area contributed by atoms with Crippen LogP contribution in [0.3, 0.4) is 0 Å². The number of rotatable bonds is 6. The number of furan rings is 1. The van der Waals surface area contributed by atoms with Crippen LogP contribution in [-0.2, 0) is 11.2 Å². The SMILES string of the molecule is Cc1oc(NC(=O)CSc2nnc(Cc3ccccc3)o2)c(C#N)c1C. The van der Waals surface area contributed by atoms with Gasteiger partial charge in [0.05, 0.1) is 12.2 Å². The third kappa shape index (κ3) is 4.13. The average molecular weight is 368 g/mol. The van der Waals surface area contributed by atoms with E-state index in [4.69, 9.17) is 14.1 Å². The van der Waals surface area contributed by atoms with E-state index in [-0.39, 0.29) is 17.5 Å². The minimum Gasteiger partial charge on any atom is -0.444 e. The van der Waals surface area contributed by atoms with Gasteiger partial charge in [0.2, 0.25) is 17.7 Å². The highest BCUT2D eigenvalue weighted by atomic mass is 32.2. The van der Waals surface area contributed by atoms with Crippen molar-refractivity contribution in [1.29, 1.82) is 5.26 Å². The molecule has 0 unspecified atom stereocenters. The minimum atomic E-state index is -0.317. The van der Waals surface area contributed by atoms with Crippen LogP contribution >= 0.6 is 11.8 Å². The summed E-state index contributed by atoms with van der Waals surface area (Å²) in [6.45, 7) is 3.52. The fraction of sp³-hybridized carbons (Fsp3) is 0.222. The second-order valence-corrected chi connectivity index (χ2v) is 6.49. The molecule has 0 aliphatic heterocycles.